The molecule has 7 aromatic carbocycles. The Hall–Kier alpha value is -6.81. The monoisotopic (exact) mass is 994 g/mol. The Morgan fingerprint density at radius 2 is 1.29 bits per heavy atom. The maximum absolute atomic E-state index is 11.4. The number of pyridine rings is 1. The Morgan fingerprint density at radius 3 is 2.11 bits per heavy atom. The Bertz CT molecular complexity index is 3610. The summed E-state index contributed by atoms with van der Waals surface area (Å²) in [5.74, 6) is 0.831. The van der Waals surface area contributed by atoms with Gasteiger partial charge in [0.15, 0.2) is 0 Å². The predicted molar refractivity (Wildman–Crippen MR) is 255 cm³/mol. The van der Waals surface area contributed by atoms with Gasteiger partial charge in [-0.05, 0) is 75.7 Å². The molecule has 11 aromatic rings. The van der Waals surface area contributed by atoms with Gasteiger partial charge in [-0.15, -0.1) is 29.3 Å². The molecule has 0 aliphatic heterocycles. The number of aromatic nitrogens is 4. The molecule has 12 rings (SSSR count). The molecule has 0 unspecified atom stereocenters. The minimum Gasteiger partial charge on any atom is -0.507 e. The van der Waals surface area contributed by atoms with Crippen LogP contribution in [0.1, 0.15) is 51.4 Å². The average molecular weight is 995 g/mol. The first kappa shape index (κ1) is 39.1. The van der Waals surface area contributed by atoms with Crippen LogP contribution in [-0.4, -0.2) is 24.0 Å². The maximum Gasteiger partial charge on any atom is 0.149 e. The molecule has 1 aliphatic rings. The number of nitrogens with zero attached hydrogens (tertiary/aromatic N) is 4. The number of hydrogen-bond acceptors (Lipinski definition) is 3. The van der Waals surface area contributed by atoms with Gasteiger partial charge >= 0.3 is 0 Å². The van der Waals surface area contributed by atoms with Gasteiger partial charge in [0.05, 0.1) is 39.0 Å². The molecular weight excluding hydrogens is 952 g/mol. The predicted octanol–water partition coefficient (Wildman–Crippen LogP) is 14.2. The minimum atomic E-state index is -0.340. The number of para-hydroxylation sites is 4. The third-order valence-electron chi connectivity index (χ3n) is 13.2. The van der Waals surface area contributed by atoms with Crippen LogP contribution in [0.5, 0.6) is 5.75 Å². The summed E-state index contributed by atoms with van der Waals surface area (Å²) in [6, 6.07) is 60.9. The first-order valence-electron chi connectivity index (χ1n) is 21.4. The van der Waals surface area contributed by atoms with E-state index in [1.54, 1.807) is 6.07 Å². The molecule has 1 aliphatic carbocycles. The SMILES string of the molecule is CC(C)(C)c1ccc(-n2c(-c3ccccc3O)nc3c(-c4cccc(-c5[c-]ccc6c5C(C)(C)c5c-6c6cccc7c8ccccc8n5c67)n4)cccc32)c(-c2ccccc2)c1.[Pt]. The third kappa shape index (κ3) is 5.65. The van der Waals surface area contributed by atoms with Crippen LogP contribution < -0.4 is 0 Å². The number of imidazole rings is 1. The van der Waals surface area contributed by atoms with Crippen LogP contribution in [0.3, 0.4) is 0 Å². The number of aromatic hydroxyl groups is 1. The van der Waals surface area contributed by atoms with E-state index in [9.17, 15) is 5.11 Å². The van der Waals surface area contributed by atoms with Crippen molar-refractivity contribution in [3.63, 3.8) is 0 Å². The molecule has 308 valence electrons. The van der Waals surface area contributed by atoms with E-state index in [-0.39, 0.29) is 37.6 Å². The molecular formula is C57H43N4OPt-. The summed E-state index contributed by atoms with van der Waals surface area (Å²) in [5, 5.41) is 15.2. The Balaban J connectivity index is 0.00000444. The van der Waals surface area contributed by atoms with Gasteiger partial charge in [-0.3, -0.25) is 9.55 Å². The number of hydrogen-bond donors (Lipinski definition) is 1. The van der Waals surface area contributed by atoms with Crippen molar-refractivity contribution in [1.82, 2.24) is 18.9 Å². The molecule has 63 heavy (non-hydrogen) atoms. The zero-order valence-corrected chi connectivity index (χ0v) is 37.9. The van der Waals surface area contributed by atoms with Crippen LogP contribution in [-0.2, 0) is 31.9 Å². The minimum absolute atomic E-state index is 0. The summed E-state index contributed by atoms with van der Waals surface area (Å²) >= 11 is 0. The van der Waals surface area contributed by atoms with Crippen molar-refractivity contribution >= 4 is 38.2 Å². The van der Waals surface area contributed by atoms with Crippen molar-refractivity contribution in [3.8, 4) is 67.6 Å². The van der Waals surface area contributed by atoms with Crippen molar-refractivity contribution in [1.29, 1.82) is 0 Å². The zero-order chi connectivity index (χ0) is 42.1. The average Bonchev–Trinajstić information content (AvgIpc) is 4.01. The molecule has 0 bridgehead atoms. The molecule has 0 amide bonds. The quantitative estimate of drug-likeness (QED) is 0.175. The van der Waals surface area contributed by atoms with Crippen LogP contribution in [0.25, 0.3) is 100 Å². The number of rotatable bonds is 5. The molecule has 6 heteroatoms. The molecule has 0 atom stereocenters. The van der Waals surface area contributed by atoms with Gasteiger partial charge in [0.25, 0.3) is 0 Å². The van der Waals surface area contributed by atoms with E-state index in [0.29, 0.717) is 11.4 Å². The van der Waals surface area contributed by atoms with E-state index >= 15 is 0 Å². The van der Waals surface area contributed by atoms with Crippen molar-refractivity contribution in [3.05, 3.63) is 187 Å². The van der Waals surface area contributed by atoms with E-state index in [2.05, 4.69) is 189 Å². The third-order valence-corrected chi connectivity index (χ3v) is 13.2. The van der Waals surface area contributed by atoms with Crippen molar-refractivity contribution in [2.24, 2.45) is 0 Å². The van der Waals surface area contributed by atoms with Gasteiger partial charge < -0.3 is 9.51 Å². The van der Waals surface area contributed by atoms with E-state index in [1.165, 1.54) is 55.1 Å². The van der Waals surface area contributed by atoms with Crippen molar-refractivity contribution in [2.45, 2.75) is 45.4 Å². The van der Waals surface area contributed by atoms with Crippen molar-refractivity contribution < 1.29 is 26.2 Å². The van der Waals surface area contributed by atoms with Gasteiger partial charge in [-0.2, -0.15) is 0 Å². The number of phenols is 1. The fourth-order valence-corrected chi connectivity index (χ4v) is 10.4. The summed E-state index contributed by atoms with van der Waals surface area (Å²) in [6.45, 7) is 11.4. The molecule has 0 radical (unpaired) electrons. The first-order chi connectivity index (χ1) is 30.1. The zero-order valence-electron chi connectivity index (χ0n) is 35.6. The first-order valence-corrected chi connectivity index (χ1v) is 21.4. The normalized spacial score (nSPS) is 13.2. The number of fused-ring (bicyclic) bond motifs is 9. The van der Waals surface area contributed by atoms with Gasteiger partial charge in [0.1, 0.15) is 11.6 Å². The molecule has 0 saturated heterocycles. The second kappa shape index (κ2) is 14.1. The fourth-order valence-electron chi connectivity index (χ4n) is 10.4. The summed E-state index contributed by atoms with van der Waals surface area (Å²) in [5.41, 5.74) is 17.6. The van der Waals surface area contributed by atoms with Crippen LogP contribution >= 0.6 is 0 Å². The molecule has 1 N–H and O–H groups in total. The smallest absolute Gasteiger partial charge is 0.149 e. The molecule has 5 nitrogen and oxygen atoms in total. The van der Waals surface area contributed by atoms with Gasteiger partial charge in [-0.25, -0.2) is 4.98 Å². The van der Waals surface area contributed by atoms with Crippen molar-refractivity contribution in [2.75, 3.05) is 0 Å². The fraction of sp³-hybridized carbons (Fsp3) is 0.123. The molecule has 0 spiro atoms. The van der Waals surface area contributed by atoms with Crippen LogP contribution in [0.15, 0.2) is 164 Å². The second-order valence-corrected chi connectivity index (χ2v) is 18.3. The maximum atomic E-state index is 11.4. The molecule has 0 saturated carbocycles. The Labute approximate surface area is 381 Å². The standard InChI is InChI=1S/C57H43N4O.Pt/c1-56(2,3)35-31-32-47(43(33-35)34-17-7-6-8-18-34)60-48-29-15-23-39(52(48)59-55(60)40-20-10-12-30-49(40)62)45-27-16-26-44(58-45)38-22-14-24-41-50-42-25-13-21-37-36-19-9-11-28-46(36)61(53(37)42)54(50)57(4,5)51(38)41;/h6-21,23-33,62H,1-5H3;/q-1;. The van der Waals surface area contributed by atoms with Crippen LogP contribution in [0, 0.1) is 6.07 Å². The van der Waals surface area contributed by atoms with Gasteiger partial charge in [-0.1, -0.05) is 149 Å². The molecule has 4 aromatic heterocycles. The number of phenolic OH excluding ortho intramolecular Hbond substituents is 1. The molecule has 4 heterocycles. The van der Waals surface area contributed by atoms with E-state index < -0.39 is 0 Å². The van der Waals surface area contributed by atoms with E-state index in [0.717, 1.165) is 50.4 Å². The summed E-state index contributed by atoms with van der Waals surface area (Å²) in [7, 11) is 0. The number of benzene rings is 7. The van der Waals surface area contributed by atoms with Crippen LogP contribution in [0.2, 0.25) is 0 Å². The van der Waals surface area contributed by atoms with Crippen LogP contribution in [0.4, 0.5) is 0 Å². The molecule has 0 fully saturated rings. The van der Waals surface area contributed by atoms with E-state index in [4.69, 9.17) is 9.97 Å². The summed E-state index contributed by atoms with van der Waals surface area (Å²) in [6.07, 6.45) is 0. The van der Waals surface area contributed by atoms with Gasteiger partial charge in [0, 0.05) is 54.0 Å². The van der Waals surface area contributed by atoms with E-state index in [1.807, 2.05) is 18.2 Å². The Morgan fingerprint density at radius 1 is 0.603 bits per heavy atom. The summed E-state index contributed by atoms with van der Waals surface area (Å²) in [4.78, 5) is 10.9. The Kier molecular flexibility index (Phi) is 8.75. The van der Waals surface area contributed by atoms with Gasteiger partial charge in [0.2, 0.25) is 0 Å². The topological polar surface area (TPSA) is 55.3 Å². The largest absolute Gasteiger partial charge is 0.507 e. The second-order valence-electron chi connectivity index (χ2n) is 18.3. The summed E-state index contributed by atoms with van der Waals surface area (Å²) < 4.78 is 4.72.